The van der Waals surface area contributed by atoms with Crippen LogP contribution in [0.4, 0.5) is 5.69 Å². The van der Waals surface area contributed by atoms with Crippen molar-refractivity contribution in [2.45, 2.75) is 18.4 Å². The van der Waals surface area contributed by atoms with E-state index in [0.717, 1.165) is 22.9 Å². The molecular weight excluding hydrogens is 326 g/mol. The number of fused-ring (bicyclic) bond motifs is 1. The highest BCUT2D eigenvalue weighted by Gasteiger charge is 2.35. The molecule has 5 heteroatoms. The van der Waals surface area contributed by atoms with Crippen LogP contribution in [0.3, 0.4) is 0 Å². The summed E-state index contributed by atoms with van der Waals surface area (Å²) in [5.41, 5.74) is 3.06. The summed E-state index contributed by atoms with van der Waals surface area (Å²) in [4.78, 5) is 17.2. The summed E-state index contributed by atoms with van der Waals surface area (Å²) in [5, 5.41) is 12.9. The molecule has 1 aliphatic rings. The molecule has 0 unspecified atom stereocenters. The maximum atomic E-state index is 12.8. The zero-order chi connectivity index (χ0) is 17.9. The number of benzene rings is 2. The van der Waals surface area contributed by atoms with E-state index in [4.69, 9.17) is 10.00 Å². The predicted octanol–water partition coefficient (Wildman–Crippen LogP) is 3.62. The van der Waals surface area contributed by atoms with Gasteiger partial charge in [-0.2, -0.15) is 5.26 Å². The summed E-state index contributed by atoms with van der Waals surface area (Å²) in [6, 6.07) is 19.0. The topological polar surface area (TPSA) is 75.0 Å². The summed E-state index contributed by atoms with van der Waals surface area (Å²) >= 11 is 0. The van der Waals surface area contributed by atoms with Crippen molar-refractivity contribution in [3.05, 3.63) is 71.9 Å². The molecule has 0 spiro atoms. The summed E-state index contributed by atoms with van der Waals surface area (Å²) < 4.78 is 5.73. The molecule has 0 aliphatic carbocycles. The van der Waals surface area contributed by atoms with Crippen molar-refractivity contribution in [1.82, 2.24) is 4.98 Å². The molecule has 26 heavy (non-hydrogen) atoms. The fourth-order valence-electron chi connectivity index (χ4n) is 3.40. The van der Waals surface area contributed by atoms with Crippen LogP contribution in [0.5, 0.6) is 0 Å². The molecule has 4 rings (SSSR count). The third kappa shape index (κ3) is 3.03. The van der Waals surface area contributed by atoms with E-state index in [1.54, 1.807) is 18.3 Å². The number of aromatic nitrogens is 1. The van der Waals surface area contributed by atoms with Crippen molar-refractivity contribution < 1.29 is 9.53 Å². The van der Waals surface area contributed by atoms with Gasteiger partial charge in [0, 0.05) is 24.1 Å². The summed E-state index contributed by atoms with van der Waals surface area (Å²) in [6.07, 6.45) is 1.93. The number of anilines is 1. The Hall–Kier alpha value is -3.23. The van der Waals surface area contributed by atoms with Gasteiger partial charge in [-0.15, -0.1) is 0 Å². The normalized spacial score (nSPS) is 19.2. The number of hydrogen-bond acceptors (Lipinski definition) is 4. The van der Waals surface area contributed by atoms with E-state index in [-0.39, 0.29) is 11.8 Å². The lowest BCUT2D eigenvalue weighted by Gasteiger charge is -2.19. The predicted molar refractivity (Wildman–Crippen MR) is 98.6 cm³/mol. The van der Waals surface area contributed by atoms with E-state index in [9.17, 15) is 4.79 Å². The third-order valence-corrected chi connectivity index (χ3v) is 4.71. The lowest BCUT2D eigenvalue weighted by molar-refractivity contribution is -0.125. The van der Waals surface area contributed by atoms with Gasteiger partial charge < -0.3 is 10.1 Å². The van der Waals surface area contributed by atoms with Crippen LogP contribution in [-0.2, 0) is 9.53 Å². The first-order valence-electron chi connectivity index (χ1n) is 8.52. The van der Waals surface area contributed by atoms with E-state index >= 15 is 0 Å². The van der Waals surface area contributed by atoms with Crippen molar-refractivity contribution >= 4 is 22.5 Å². The Kier molecular flexibility index (Phi) is 4.34. The molecule has 1 aromatic heterocycles. The number of ether oxygens (including phenoxy) is 1. The minimum Gasteiger partial charge on any atom is -0.368 e. The van der Waals surface area contributed by atoms with Crippen LogP contribution in [0.15, 0.2) is 60.8 Å². The fraction of sp³-hybridized carbons (Fsp3) is 0.190. The van der Waals surface area contributed by atoms with Crippen LogP contribution in [0.25, 0.3) is 10.9 Å². The quantitative estimate of drug-likeness (QED) is 0.788. The summed E-state index contributed by atoms with van der Waals surface area (Å²) in [6.45, 7) is 0.538. The van der Waals surface area contributed by atoms with E-state index in [1.807, 2.05) is 42.5 Å². The second kappa shape index (κ2) is 6.95. The standard InChI is InChI=1S/C21H17N3O2/c22-13-14-6-8-15(9-7-14)17-10-12-26-20(17)21(25)24-18-5-1-3-16-4-2-11-23-19(16)18/h1-9,11,17,20H,10,12H2,(H,24,25)/t17-,20-/m1/s1. The van der Waals surface area contributed by atoms with Crippen molar-refractivity contribution in [2.75, 3.05) is 11.9 Å². The highest BCUT2D eigenvalue weighted by atomic mass is 16.5. The molecule has 1 aliphatic heterocycles. The van der Waals surface area contributed by atoms with Gasteiger partial charge in [0.15, 0.2) is 0 Å². The Morgan fingerprint density at radius 1 is 1.15 bits per heavy atom. The van der Waals surface area contributed by atoms with Crippen LogP contribution < -0.4 is 5.32 Å². The molecule has 0 bridgehead atoms. The molecule has 0 radical (unpaired) electrons. The van der Waals surface area contributed by atoms with E-state index in [2.05, 4.69) is 16.4 Å². The molecule has 2 atom stereocenters. The molecule has 3 aromatic rings. The highest BCUT2D eigenvalue weighted by Crippen LogP contribution is 2.32. The summed E-state index contributed by atoms with van der Waals surface area (Å²) in [5.74, 6) is -0.194. The smallest absolute Gasteiger partial charge is 0.254 e. The van der Waals surface area contributed by atoms with Gasteiger partial charge in [-0.1, -0.05) is 30.3 Å². The van der Waals surface area contributed by atoms with Gasteiger partial charge in [-0.3, -0.25) is 9.78 Å². The zero-order valence-corrected chi connectivity index (χ0v) is 14.1. The number of rotatable bonds is 3. The number of pyridine rings is 1. The van der Waals surface area contributed by atoms with Crippen LogP contribution in [-0.4, -0.2) is 23.6 Å². The first-order valence-corrected chi connectivity index (χ1v) is 8.52. The molecule has 1 amide bonds. The van der Waals surface area contributed by atoms with Gasteiger partial charge in [0.05, 0.1) is 22.8 Å². The van der Waals surface area contributed by atoms with Gasteiger partial charge in [0.1, 0.15) is 6.10 Å². The monoisotopic (exact) mass is 343 g/mol. The van der Waals surface area contributed by atoms with E-state index in [1.165, 1.54) is 0 Å². The molecule has 1 N–H and O–H groups in total. The Morgan fingerprint density at radius 2 is 1.96 bits per heavy atom. The number of hydrogen-bond donors (Lipinski definition) is 1. The molecular formula is C21H17N3O2. The van der Waals surface area contributed by atoms with Crippen molar-refractivity contribution in [1.29, 1.82) is 5.26 Å². The van der Waals surface area contributed by atoms with Crippen LogP contribution in [0.1, 0.15) is 23.5 Å². The molecule has 2 aromatic carbocycles. The molecule has 2 heterocycles. The van der Waals surface area contributed by atoms with Crippen molar-refractivity contribution in [3.8, 4) is 6.07 Å². The number of carbonyl (C=O) groups excluding carboxylic acids is 1. The minimum absolute atomic E-state index is 0.0225. The SMILES string of the molecule is N#Cc1ccc([C@H]2CCO[C@H]2C(=O)Nc2cccc3cccnc23)cc1. The maximum absolute atomic E-state index is 12.8. The average Bonchev–Trinajstić information content (AvgIpc) is 3.18. The van der Waals surface area contributed by atoms with Crippen molar-refractivity contribution in [2.24, 2.45) is 0 Å². The molecule has 128 valence electrons. The van der Waals surface area contributed by atoms with Gasteiger partial charge in [0.25, 0.3) is 5.91 Å². The molecule has 5 nitrogen and oxygen atoms in total. The van der Waals surface area contributed by atoms with Crippen LogP contribution in [0, 0.1) is 11.3 Å². The third-order valence-electron chi connectivity index (χ3n) is 4.71. The molecule has 1 saturated heterocycles. The first kappa shape index (κ1) is 16.2. The van der Waals surface area contributed by atoms with Crippen molar-refractivity contribution in [3.63, 3.8) is 0 Å². The Balaban J connectivity index is 1.57. The number of amides is 1. The molecule has 1 fully saturated rings. The van der Waals surface area contributed by atoms with Crippen LogP contribution in [0.2, 0.25) is 0 Å². The fourth-order valence-corrected chi connectivity index (χ4v) is 3.40. The van der Waals surface area contributed by atoms with Gasteiger partial charge in [0.2, 0.25) is 0 Å². The number of nitrogens with one attached hydrogen (secondary N) is 1. The average molecular weight is 343 g/mol. The van der Waals surface area contributed by atoms with E-state index < -0.39 is 6.10 Å². The highest BCUT2D eigenvalue weighted by molar-refractivity contribution is 6.02. The Morgan fingerprint density at radius 3 is 2.77 bits per heavy atom. The largest absolute Gasteiger partial charge is 0.368 e. The number of nitriles is 1. The van der Waals surface area contributed by atoms with E-state index in [0.29, 0.717) is 17.9 Å². The second-order valence-corrected chi connectivity index (χ2v) is 6.29. The Bertz CT molecular complexity index is 987. The number of para-hydroxylation sites is 1. The maximum Gasteiger partial charge on any atom is 0.254 e. The lowest BCUT2D eigenvalue weighted by atomic mass is 9.91. The zero-order valence-electron chi connectivity index (χ0n) is 14.1. The Labute approximate surface area is 151 Å². The second-order valence-electron chi connectivity index (χ2n) is 6.29. The number of carbonyl (C=O) groups is 1. The first-order chi connectivity index (χ1) is 12.8. The number of nitrogens with zero attached hydrogens (tertiary/aromatic N) is 2. The minimum atomic E-state index is -0.554. The van der Waals surface area contributed by atoms with Gasteiger partial charge >= 0.3 is 0 Å². The van der Waals surface area contributed by atoms with Crippen LogP contribution >= 0.6 is 0 Å². The lowest BCUT2D eigenvalue weighted by Crippen LogP contribution is -2.31. The van der Waals surface area contributed by atoms with Gasteiger partial charge in [-0.25, -0.2) is 0 Å². The molecule has 0 saturated carbocycles. The summed E-state index contributed by atoms with van der Waals surface area (Å²) in [7, 11) is 0. The van der Waals surface area contributed by atoms with Gasteiger partial charge in [-0.05, 0) is 36.2 Å².